The Bertz CT molecular complexity index is 808. The molecule has 0 unspecified atom stereocenters. The van der Waals surface area contributed by atoms with Crippen molar-refractivity contribution in [1.29, 1.82) is 0 Å². The average Bonchev–Trinajstić information content (AvgIpc) is 2.65. The van der Waals surface area contributed by atoms with Gasteiger partial charge in [-0.15, -0.1) is 6.58 Å². The SMILES string of the molecule is C=CC[C@@H](c1c2ccccc2cc2ccccc12)N1CCNCC1. The molecule has 0 bridgehead atoms. The second kappa shape index (κ2) is 6.76. The summed E-state index contributed by atoms with van der Waals surface area (Å²) in [6.45, 7) is 8.36. The van der Waals surface area contributed by atoms with E-state index in [1.165, 1.54) is 27.1 Å². The number of nitrogens with one attached hydrogen (secondary N) is 1. The van der Waals surface area contributed by atoms with Crippen molar-refractivity contribution in [3.63, 3.8) is 0 Å². The molecule has 24 heavy (non-hydrogen) atoms. The molecule has 3 aromatic carbocycles. The number of piperazine rings is 1. The van der Waals surface area contributed by atoms with Crippen molar-refractivity contribution in [2.24, 2.45) is 0 Å². The zero-order valence-electron chi connectivity index (χ0n) is 14.0. The van der Waals surface area contributed by atoms with Crippen molar-refractivity contribution in [3.05, 3.63) is 72.8 Å². The Morgan fingerprint density at radius 1 is 0.958 bits per heavy atom. The monoisotopic (exact) mass is 316 g/mol. The van der Waals surface area contributed by atoms with Crippen LogP contribution in [0.25, 0.3) is 21.5 Å². The molecular formula is C22H24N2. The quantitative estimate of drug-likeness (QED) is 0.562. The van der Waals surface area contributed by atoms with Crippen LogP contribution < -0.4 is 5.32 Å². The van der Waals surface area contributed by atoms with E-state index >= 15 is 0 Å². The molecule has 1 heterocycles. The fourth-order valence-corrected chi connectivity index (χ4v) is 4.01. The van der Waals surface area contributed by atoms with Crippen LogP contribution in [0.1, 0.15) is 18.0 Å². The fourth-order valence-electron chi connectivity index (χ4n) is 4.01. The number of hydrogen-bond donors (Lipinski definition) is 1. The van der Waals surface area contributed by atoms with Crippen LogP contribution in [0.4, 0.5) is 0 Å². The predicted molar refractivity (Wildman–Crippen MR) is 103 cm³/mol. The van der Waals surface area contributed by atoms with Crippen LogP contribution in [-0.2, 0) is 0 Å². The molecular weight excluding hydrogens is 292 g/mol. The number of nitrogens with zero attached hydrogens (tertiary/aromatic N) is 1. The molecule has 4 rings (SSSR count). The number of fused-ring (bicyclic) bond motifs is 2. The van der Waals surface area contributed by atoms with Gasteiger partial charge in [-0.05, 0) is 39.6 Å². The summed E-state index contributed by atoms with van der Waals surface area (Å²) in [5, 5.41) is 8.88. The standard InChI is InChI=1S/C22H24N2/c1-2-7-21(24-14-12-23-13-15-24)22-19-10-5-3-8-17(19)16-18-9-4-6-11-20(18)22/h2-6,8-11,16,21,23H,1,7,12-15H2/t21-/m0/s1. The third-order valence-corrected chi connectivity index (χ3v) is 5.13. The van der Waals surface area contributed by atoms with E-state index in [1.807, 2.05) is 0 Å². The highest BCUT2D eigenvalue weighted by atomic mass is 15.2. The summed E-state index contributed by atoms with van der Waals surface area (Å²) in [6.07, 6.45) is 3.06. The zero-order valence-corrected chi connectivity index (χ0v) is 14.0. The smallest absolute Gasteiger partial charge is 0.0395 e. The second-order valence-electron chi connectivity index (χ2n) is 6.56. The van der Waals surface area contributed by atoms with Gasteiger partial charge >= 0.3 is 0 Å². The van der Waals surface area contributed by atoms with E-state index in [1.54, 1.807) is 0 Å². The molecule has 1 fully saturated rings. The summed E-state index contributed by atoms with van der Waals surface area (Å²) in [5.74, 6) is 0. The Labute approximate surface area is 143 Å². The highest BCUT2D eigenvalue weighted by Gasteiger charge is 2.24. The first-order valence-corrected chi connectivity index (χ1v) is 8.84. The highest BCUT2D eigenvalue weighted by Crippen LogP contribution is 2.37. The minimum absolute atomic E-state index is 0.389. The second-order valence-corrected chi connectivity index (χ2v) is 6.56. The van der Waals surface area contributed by atoms with Crippen molar-refractivity contribution in [2.45, 2.75) is 12.5 Å². The molecule has 1 saturated heterocycles. The van der Waals surface area contributed by atoms with Crippen LogP contribution in [-0.4, -0.2) is 31.1 Å². The Balaban J connectivity index is 1.97. The van der Waals surface area contributed by atoms with Crippen molar-refractivity contribution in [3.8, 4) is 0 Å². The fraction of sp³-hybridized carbons (Fsp3) is 0.273. The lowest BCUT2D eigenvalue weighted by Gasteiger charge is -2.36. The molecule has 2 nitrogen and oxygen atoms in total. The zero-order chi connectivity index (χ0) is 16.4. The molecule has 1 aliphatic heterocycles. The number of hydrogen-bond acceptors (Lipinski definition) is 2. The van der Waals surface area contributed by atoms with Gasteiger partial charge < -0.3 is 5.32 Å². The van der Waals surface area contributed by atoms with Crippen LogP contribution in [0.15, 0.2) is 67.3 Å². The molecule has 122 valence electrons. The third kappa shape index (κ3) is 2.72. The van der Waals surface area contributed by atoms with Gasteiger partial charge in [-0.25, -0.2) is 0 Å². The molecule has 0 amide bonds. The van der Waals surface area contributed by atoms with E-state index in [2.05, 4.69) is 77.5 Å². The minimum Gasteiger partial charge on any atom is -0.314 e. The van der Waals surface area contributed by atoms with E-state index < -0.39 is 0 Å². The Morgan fingerprint density at radius 2 is 1.54 bits per heavy atom. The van der Waals surface area contributed by atoms with Gasteiger partial charge in [-0.2, -0.15) is 0 Å². The van der Waals surface area contributed by atoms with Crippen LogP contribution in [0, 0.1) is 0 Å². The van der Waals surface area contributed by atoms with Crippen LogP contribution in [0.3, 0.4) is 0 Å². The lowest BCUT2D eigenvalue weighted by molar-refractivity contribution is 0.176. The first-order valence-electron chi connectivity index (χ1n) is 8.84. The summed E-state index contributed by atoms with van der Waals surface area (Å²) in [7, 11) is 0. The number of benzene rings is 3. The molecule has 0 saturated carbocycles. The summed E-state index contributed by atoms with van der Waals surface area (Å²) in [6, 6.07) is 20.3. The lowest BCUT2D eigenvalue weighted by Crippen LogP contribution is -2.45. The van der Waals surface area contributed by atoms with Crippen molar-refractivity contribution >= 4 is 21.5 Å². The van der Waals surface area contributed by atoms with Gasteiger partial charge in [0.25, 0.3) is 0 Å². The van der Waals surface area contributed by atoms with Crippen molar-refractivity contribution in [2.75, 3.05) is 26.2 Å². The van der Waals surface area contributed by atoms with E-state index in [0.717, 1.165) is 32.6 Å². The van der Waals surface area contributed by atoms with E-state index in [9.17, 15) is 0 Å². The maximum Gasteiger partial charge on any atom is 0.0395 e. The van der Waals surface area contributed by atoms with Crippen molar-refractivity contribution in [1.82, 2.24) is 10.2 Å². The summed E-state index contributed by atoms with van der Waals surface area (Å²) in [5.41, 5.74) is 1.46. The molecule has 0 spiro atoms. The molecule has 0 aliphatic carbocycles. The van der Waals surface area contributed by atoms with Crippen LogP contribution in [0.5, 0.6) is 0 Å². The summed E-state index contributed by atoms with van der Waals surface area (Å²) in [4.78, 5) is 2.62. The van der Waals surface area contributed by atoms with Gasteiger partial charge in [0, 0.05) is 32.2 Å². The van der Waals surface area contributed by atoms with E-state index in [-0.39, 0.29) is 0 Å². The molecule has 0 aromatic heterocycles. The Kier molecular flexibility index (Phi) is 4.33. The van der Waals surface area contributed by atoms with E-state index in [4.69, 9.17) is 0 Å². The van der Waals surface area contributed by atoms with Gasteiger partial charge in [0.1, 0.15) is 0 Å². The first kappa shape index (κ1) is 15.4. The van der Waals surface area contributed by atoms with Gasteiger partial charge in [0.05, 0.1) is 0 Å². The van der Waals surface area contributed by atoms with E-state index in [0.29, 0.717) is 6.04 Å². The molecule has 1 aliphatic rings. The molecule has 2 heteroatoms. The maximum absolute atomic E-state index is 4.04. The summed E-state index contributed by atoms with van der Waals surface area (Å²) >= 11 is 0. The maximum atomic E-state index is 4.04. The van der Waals surface area contributed by atoms with Gasteiger partial charge in [0.15, 0.2) is 0 Å². The Morgan fingerprint density at radius 3 is 2.12 bits per heavy atom. The first-order chi connectivity index (χ1) is 11.9. The third-order valence-electron chi connectivity index (χ3n) is 5.13. The van der Waals surface area contributed by atoms with Crippen molar-refractivity contribution < 1.29 is 0 Å². The minimum atomic E-state index is 0.389. The topological polar surface area (TPSA) is 15.3 Å². The highest BCUT2D eigenvalue weighted by molar-refractivity contribution is 6.02. The molecule has 0 radical (unpaired) electrons. The lowest BCUT2D eigenvalue weighted by atomic mass is 9.89. The van der Waals surface area contributed by atoms with Gasteiger partial charge in [0.2, 0.25) is 0 Å². The predicted octanol–water partition coefficient (Wildman–Crippen LogP) is 4.52. The average molecular weight is 316 g/mol. The Hall–Kier alpha value is -2.16. The normalized spacial score (nSPS) is 17.2. The largest absolute Gasteiger partial charge is 0.314 e. The summed E-state index contributed by atoms with van der Waals surface area (Å²) < 4.78 is 0. The molecule has 1 atom stereocenters. The number of rotatable bonds is 4. The van der Waals surface area contributed by atoms with Gasteiger partial charge in [-0.3, -0.25) is 4.90 Å². The van der Waals surface area contributed by atoms with Crippen LogP contribution in [0.2, 0.25) is 0 Å². The molecule has 3 aromatic rings. The van der Waals surface area contributed by atoms with Crippen LogP contribution >= 0.6 is 0 Å². The van der Waals surface area contributed by atoms with Gasteiger partial charge in [-0.1, -0.05) is 54.6 Å². The molecule has 1 N–H and O–H groups in total.